The van der Waals surface area contributed by atoms with Gasteiger partial charge in [0.1, 0.15) is 5.82 Å². The summed E-state index contributed by atoms with van der Waals surface area (Å²) in [6.07, 6.45) is 2.86. The fourth-order valence-electron chi connectivity index (χ4n) is 1.35. The van der Waals surface area contributed by atoms with Crippen LogP contribution in [0.25, 0.3) is 0 Å². The first-order valence-corrected chi connectivity index (χ1v) is 6.54. The second-order valence-corrected chi connectivity index (χ2v) is 4.71. The predicted molar refractivity (Wildman–Crippen MR) is 64.0 cm³/mol. The van der Waals surface area contributed by atoms with Crippen molar-refractivity contribution in [1.29, 1.82) is 0 Å². The van der Waals surface area contributed by atoms with Crippen molar-refractivity contribution in [2.24, 2.45) is 0 Å². The van der Waals surface area contributed by atoms with E-state index in [0.717, 1.165) is 12.2 Å². The van der Waals surface area contributed by atoms with Gasteiger partial charge in [0.05, 0.1) is 6.10 Å². The lowest BCUT2D eigenvalue weighted by Crippen LogP contribution is -1.99. The molecule has 1 N–H and O–H groups in total. The molecule has 0 heterocycles. The van der Waals surface area contributed by atoms with Crippen molar-refractivity contribution in [2.45, 2.75) is 18.9 Å². The Morgan fingerprint density at radius 2 is 2.27 bits per heavy atom. The Balaban J connectivity index is 2.64. The van der Waals surface area contributed by atoms with Gasteiger partial charge < -0.3 is 5.11 Å². The molecule has 0 radical (unpaired) electrons. The van der Waals surface area contributed by atoms with Crippen molar-refractivity contribution < 1.29 is 9.50 Å². The summed E-state index contributed by atoms with van der Waals surface area (Å²) in [4.78, 5) is 0. The van der Waals surface area contributed by atoms with Gasteiger partial charge in [-0.1, -0.05) is 11.6 Å². The van der Waals surface area contributed by atoms with Crippen molar-refractivity contribution in [3.8, 4) is 0 Å². The number of aliphatic hydroxyl groups is 1. The maximum absolute atomic E-state index is 12.9. The Bertz CT molecular complexity index is 319. The van der Waals surface area contributed by atoms with Crippen molar-refractivity contribution >= 4 is 23.4 Å². The summed E-state index contributed by atoms with van der Waals surface area (Å²) in [5.41, 5.74) is 0.484. The molecular weight excluding hydrogens is 235 g/mol. The molecule has 0 bridgehead atoms. The summed E-state index contributed by atoms with van der Waals surface area (Å²) in [5.74, 6) is 0.627. The second-order valence-electron chi connectivity index (χ2n) is 3.32. The van der Waals surface area contributed by atoms with Crippen LogP contribution in [0, 0.1) is 5.82 Å². The molecule has 0 aliphatic carbocycles. The average Bonchev–Trinajstić information content (AvgIpc) is 2.22. The van der Waals surface area contributed by atoms with Gasteiger partial charge in [-0.2, -0.15) is 11.8 Å². The number of benzene rings is 1. The summed E-state index contributed by atoms with van der Waals surface area (Å²) >= 11 is 7.60. The molecule has 0 aliphatic heterocycles. The highest BCUT2D eigenvalue weighted by molar-refractivity contribution is 7.98. The number of halogens is 2. The smallest absolute Gasteiger partial charge is 0.123 e. The number of hydrogen-bond acceptors (Lipinski definition) is 2. The molecule has 0 fully saturated rings. The molecule has 0 amide bonds. The third kappa shape index (κ3) is 4.01. The quantitative estimate of drug-likeness (QED) is 0.803. The molecule has 0 aliphatic rings. The van der Waals surface area contributed by atoms with Crippen LogP contribution in [0.4, 0.5) is 4.39 Å². The first-order chi connectivity index (χ1) is 7.15. The SMILES string of the molecule is CSCCCC(O)c1cc(F)ccc1Cl. The maximum atomic E-state index is 12.9. The van der Waals surface area contributed by atoms with Crippen LogP contribution >= 0.6 is 23.4 Å². The Morgan fingerprint density at radius 1 is 1.53 bits per heavy atom. The van der Waals surface area contributed by atoms with E-state index in [9.17, 15) is 9.50 Å². The Morgan fingerprint density at radius 3 is 2.93 bits per heavy atom. The summed E-state index contributed by atoms with van der Waals surface area (Å²) in [5, 5.41) is 10.2. The third-order valence-electron chi connectivity index (χ3n) is 2.14. The Labute approximate surface area is 98.6 Å². The fraction of sp³-hybridized carbons (Fsp3) is 0.455. The molecule has 0 saturated heterocycles. The fourth-order valence-corrected chi connectivity index (χ4v) is 2.05. The molecular formula is C11H14ClFOS. The molecule has 84 valence electrons. The zero-order valence-corrected chi connectivity index (χ0v) is 10.1. The first-order valence-electron chi connectivity index (χ1n) is 4.77. The zero-order chi connectivity index (χ0) is 11.3. The molecule has 0 spiro atoms. The second kappa shape index (κ2) is 6.36. The van der Waals surface area contributed by atoms with E-state index in [1.54, 1.807) is 11.8 Å². The molecule has 1 unspecified atom stereocenters. The number of rotatable bonds is 5. The van der Waals surface area contributed by atoms with E-state index in [4.69, 9.17) is 11.6 Å². The van der Waals surface area contributed by atoms with Crippen molar-refractivity contribution in [3.05, 3.63) is 34.6 Å². The lowest BCUT2D eigenvalue weighted by Gasteiger charge is -2.12. The normalized spacial score (nSPS) is 12.8. The summed E-state index contributed by atoms with van der Waals surface area (Å²) in [6.45, 7) is 0. The van der Waals surface area contributed by atoms with Crippen LogP contribution in [0.15, 0.2) is 18.2 Å². The largest absolute Gasteiger partial charge is 0.388 e. The van der Waals surface area contributed by atoms with Crippen LogP contribution in [-0.4, -0.2) is 17.1 Å². The molecule has 15 heavy (non-hydrogen) atoms. The van der Waals surface area contributed by atoms with Crippen LogP contribution < -0.4 is 0 Å². The summed E-state index contributed by atoms with van der Waals surface area (Å²) in [6, 6.07) is 4.07. The molecule has 1 aromatic carbocycles. The van der Waals surface area contributed by atoms with Crippen LogP contribution in [-0.2, 0) is 0 Å². The Kier molecular flexibility index (Phi) is 5.43. The monoisotopic (exact) mass is 248 g/mol. The first kappa shape index (κ1) is 12.8. The van der Waals surface area contributed by atoms with Crippen molar-refractivity contribution in [3.63, 3.8) is 0 Å². The molecule has 1 rings (SSSR count). The highest BCUT2D eigenvalue weighted by atomic mass is 35.5. The predicted octanol–water partition coefficient (Wildman–Crippen LogP) is 3.66. The molecule has 1 aromatic rings. The van der Waals surface area contributed by atoms with Gasteiger partial charge in [-0.05, 0) is 43.0 Å². The standard InChI is InChI=1S/C11H14ClFOS/c1-15-6-2-3-11(14)9-7-8(13)4-5-10(9)12/h4-5,7,11,14H,2-3,6H2,1H3. The number of thioether (sulfide) groups is 1. The van der Waals surface area contributed by atoms with Gasteiger partial charge in [-0.25, -0.2) is 4.39 Å². The van der Waals surface area contributed by atoms with Crippen LogP contribution in [0.2, 0.25) is 5.02 Å². The van der Waals surface area contributed by atoms with Crippen LogP contribution in [0.5, 0.6) is 0 Å². The van der Waals surface area contributed by atoms with Gasteiger partial charge in [-0.3, -0.25) is 0 Å². The van der Waals surface area contributed by atoms with E-state index >= 15 is 0 Å². The van der Waals surface area contributed by atoms with E-state index in [2.05, 4.69) is 0 Å². The minimum absolute atomic E-state index is 0.363. The molecule has 0 saturated carbocycles. The summed E-state index contributed by atoms with van der Waals surface area (Å²) in [7, 11) is 0. The van der Waals surface area contributed by atoms with Gasteiger partial charge in [0.15, 0.2) is 0 Å². The topological polar surface area (TPSA) is 20.2 Å². The van der Waals surface area contributed by atoms with Crippen molar-refractivity contribution in [2.75, 3.05) is 12.0 Å². The minimum atomic E-state index is -0.666. The third-order valence-corrected chi connectivity index (χ3v) is 3.18. The van der Waals surface area contributed by atoms with Gasteiger partial charge in [0.25, 0.3) is 0 Å². The van der Waals surface area contributed by atoms with Crippen molar-refractivity contribution in [1.82, 2.24) is 0 Å². The van der Waals surface area contributed by atoms with E-state index in [1.165, 1.54) is 18.2 Å². The van der Waals surface area contributed by atoms with Crippen LogP contribution in [0.3, 0.4) is 0 Å². The molecule has 1 nitrogen and oxygen atoms in total. The molecule has 1 atom stereocenters. The van der Waals surface area contributed by atoms with E-state index in [0.29, 0.717) is 17.0 Å². The molecule has 4 heteroatoms. The lowest BCUT2D eigenvalue weighted by atomic mass is 10.1. The Hall–Kier alpha value is -0.250. The highest BCUT2D eigenvalue weighted by Gasteiger charge is 2.11. The van der Waals surface area contributed by atoms with Gasteiger partial charge >= 0.3 is 0 Å². The average molecular weight is 249 g/mol. The number of hydrogen-bond donors (Lipinski definition) is 1. The molecule has 0 aromatic heterocycles. The van der Waals surface area contributed by atoms with Gasteiger partial charge in [0.2, 0.25) is 0 Å². The number of aliphatic hydroxyl groups excluding tert-OH is 1. The van der Waals surface area contributed by atoms with Gasteiger partial charge in [0, 0.05) is 10.6 Å². The van der Waals surface area contributed by atoms with Crippen LogP contribution in [0.1, 0.15) is 24.5 Å². The maximum Gasteiger partial charge on any atom is 0.123 e. The van der Waals surface area contributed by atoms with Gasteiger partial charge in [-0.15, -0.1) is 0 Å². The highest BCUT2D eigenvalue weighted by Crippen LogP contribution is 2.27. The minimum Gasteiger partial charge on any atom is -0.388 e. The summed E-state index contributed by atoms with van der Waals surface area (Å²) < 4.78 is 12.9. The van der Waals surface area contributed by atoms with E-state index in [1.807, 2.05) is 6.26 Å². The van der Waals surface area contributed by atoms with E-state index < -0.39 is 6.10 Å². The zero-order valence-electron chi connectivity index (χ0n) is 8.54. The van der Waals surface area contributed by atoms with E-state index in [-0.39, 0.29) is 5.82 Å². The lowest BCUT2D eigenvalue weighted by molar-refractivity contribution is 0.166.